The van der Waals surface area contributed by atoms with Crippen LogP contribution in [-0.4, -0.2) is 49.6 Å². The van der Waals surface area contributed by atoms with Crippen molar-refractivity contribution in [1.29, 1.82) is 0 Å². The Morgan fingerprint density at radius 1 is 1.26 bits per heavy atom. The van der Waals surface area contributed by atoms with Gasteiger partial charge in [-0.2, -0.15) is 0 Å². The molecule has 1 aliphatic rings. The zero-order valence-electron chi connectivity index (χ0n) is 17.1. The van der Waals surface area contributed by atoms with E-state index in [1.54, 1.807) is 7.05 Å². The van der Waals surface area contributed by atoms with Crippen molar-refractivity contribution >= 4 is 11.9 Å². The highest BCUT2D eigenvalue weighted by Crippen LogP contribution is 2.21. The number of amides is 1. The molecule has 0 saturated carbocycles. The first kappa shape index (κ1) is 21.1. The van der Waals surface area contributed by atoms with Gasteiger partial charge in [-0.1, -0.05) is 12.1 Å². The highest BCUT2D eigenvalue weighted by atomic mass is 16.5. The minimum Gasteiger partial charge on any atom is -0.491 e. The normalized spacial score (nSPS) is 15.7. The first-order valence-electron chi connectivity index (χ1n) is 10.0. The Labute approximate surface area is 163 Å². The van der Waals surface area contributed by atoms with Crippen molar-refractivity contribution in [3.63, 3.8) is 0 Å². The lowest BCUT2D eigenvalue weighted by atomic mass is 9.93. The van der Waals surface area contributed by atoms with Gasteiger partial charge in [0, 0.05) is 33.1 Å². The van der Waals surface area contributed by atoms with Gasteiger partial charge in [0.15, 0.2) is 5.96 Å². The number of hydrogen-bond donors (Lipinski definition) is 2. The molecule has 1 amide bonds. The minimum absolute atomic E-state index is 0.138. The molecule has 0 spiro atoms. The lowest BCUT2D eigenvalue weighted by Crippen LogP contribution is -2.46. The van der Waals surface area contributed by atoms with E-state index in [1.807, 2.05) is 26.0 Å². The van der Waals surface area contributed by atoms with Crippen LogP contribution in [0, 0.1) is 5.92 Å². The molecule has 2 rings (SSSR count). The standard InChI is InChI=1S/C21H34N4O2/c1-5-23-21(25-12-10-17(11-13-25)14-20(26)22-4)24-15-18-6-8-19(9-7-18)27-16(2)3/h6-9,16-17H,5,10-15H2,1-4H3,(H,22,26)(H,23,24). The van der Waals surface area contributed by atoms with E-state index in [0.29, 0.717) is 18.9 Å². The Kier molecular flexibility index (Phi) is 8.43. The van der Waals surface area contributed by atoms with E-state index in [0.717, 1.165) is 49.7 Å². The number of nitrogens with one attached hydrogen (secondary N) is 2. The molecular formula is C21H34N4O2. The van der Waals surface area contributed by atoms with E-state index >= 15 is 0 Å². The minimum atomic E-state index is 0.138. The Morgan fingerprint density at radius 3 is 2.48 bits per heavy atom. The Hall–Kier alpha value is -2.24. The molecule has 6 nitrogen and oxygen atoms in total. The summed E-state index contributed by atoms with van der Waals surface area (Å²) in [6, 6.07) is 8.14. The average Bonchev–Trinajstić information content (AvgIpc) is 2.66. The molecular weight excluding hydrogens is 340 g/mol. The summed E-state index contributed by atoms with van der Waals surface area (Å²) in [4.78, 5) is 18.7. The zero-order chi connectivity index (χ0) is 19.6. The van der Waals surface area contributed by atoms with Crippen molar-refractivity contribution in [2.45, 2.75) is 52.7 Å². The second-order valence-electron chi connectivity index (χ2n) is 7.29. The molecule has 2 N–H and O–H groups in total. The number of piperidine rings is 1. The van der Waals surface area contributed by atoms with Gasteiger partial charge in [0.05, 0.1) is 12.6 Å². The summed E-state index contributed by atoms with van der Waals surface area (Å²) in [5, 5.41) is 6.12. The molecule has 0 aliphatic carbocycles. The van der Waals surface area contributed by atoms with Crippen LogP contribution in [-0.2, 0) is 11.3 Å². The third-order valence-electron chi connectivity index (χ3n) is 4.71. The van der Waals surface area contributed by atoms with Crippen LogP contribution in [0.2, 0.25) is 0 Å². The van der Waals surface area contributed by atoms with Crippen molar-refractivity contribution in [3.05, 3.63) is 29.8 Å². The van der Waals surface area contributed by atoms with E-state index in [9.17, 15) is 4.79 Å². The van der Waals surface area contributed by atoms with E-state index < -0.39 is 0 Å². The number of ether oxygens (including phenoxy) is 1. The van der Waals surface area contributed by atoms with Crippen LogP contribution in [0.1, 0.15) is 45.6 Å². The fourth-order valence-electron chi connectivity index (χ4n) is 3.25. The van der Waals surface area contributed by atoms with Crippen molar-refractivity contribution in [2.75, 3.05) is 26.7 Å². The number of likely N-dealkylation sites (tertiary alicyclic amines) is 1. The van der Waals surface area contributed by atoms with Gasteiger partial charge in [0.25, 0.3) is 0 Å². The third-order valence-corrected chi connectivity index (χ3v) is 4.71. The van der Waals surface area contributed by atoms with Crippen LogP contribution in [0.5, 0.6) is 5.75 Å². The molecule has 0 radical (unpaired) electrons. The molecule has 1 heterocycles. The molecule has 6 heteroatoms. The summed E-state index contributed by atoms with van der Waals surface area (Å²) in [5.74, 6) is 2.46. The molecule has 27 heavy (non-hydrogen) atoms. The molecule has 0 bridgehead atoms. The number of guanidine groups is 1. The lowest BCUT2D eigenvalue weighted by molar-refractivity contribution is -0.121. The van der Waals surface area contributed by atoms with Crippen LogP contribution >= 0.6 is 0 Å². The monoisotopic (exact) mass is 374 g/mol. The number of carbonyl (C=O) groups is 1. The van der Waals surface area contributed by atoms with Crippen LogP contribution in [0.25, 0.3) is 0 Å². The number of nitrogens with zero attached hydrogens (tertiary/aromatic N) is 2. The summed E-state index contributed by atoms with van der Waals surface area (Å²) < 4.78 is 5.69. The van der Waals surface area contributed by atoms with Crippen LogP contribution in [0.3, 0.4) is 0 Å². The Balaban J connectivity index is 1.91. The lowest BCUT2D eigenvalue weighted by Gasteiger charge is -2.34. The number of rotatable bonds is 7. The number of hydrogen-bond acceptors (Lipinski definition) is 3. The van der Waals surface area contributed by atoms with Gasteiger partial charge in [-0.3, -0.25) is 4.79 Å². The predicted octanol–water partition coefficient (Wildman–Crippen LogP) is 2.79. The highest BCUT2D eigenvalue weighted by molar-refractivity contribution is 5.80. The highest BCUT2D eigenvalue weighted by Gasteiger charge is 2.23. The summed E-state index contributed by atoms with van der Waals surface area (Å²) in [5.41, 5.74) is 1.16. The fourth-order valence-corrected chi connectivity index (χ4v) is 3.25. The topological polar surface area (TPSA) is 66.0 Å². The summed E-state index contributed by atoms with van der Waals surface area (Å²) in [6.07, 6.45) is 2.86. The number of benzene rings is 1. The molecule has 0 aromatic heterocycles. The molecule has 0 atom stereocenters. The van der Waals surface area contributed by atoms with Gasteiger partial charge in [-0.15, -0.1) is 0 Å². The summed E-state index contributed by atoms with van der Waals surface area (Å²) in [7, 11) is 1.70. The van der Waals surface area contributed by atoms with Crippen LogP contribution < -0.4 is 15.4 Å². The fraction of sp³-hybridized carbons (Fsp3) is 0.619. The van der Waals surface area contributed by atoms with Crippen molar-refractivity contribution in [2.24, 2.45) is 10.9 Å². The van der Waals surface area contributed by atoms with Crippen molar-refractivity contribution in [1.82, 2.24) is 15.5 Å². The molecule has 1 fully saturated rings. The van der Waals surface area contributed by atoms with E-state index in [2.05, 4.69) is 34.6 Å². The maximum atomic E-state index is 11.6. The first-order valence-corrected chi connectivity index (χ1v) is 10.0. The maximum Gasteiger partial charge on any atom is 0.220 e. The van der Waals surface area contributed by atoms with Gasteiger partial charge >= 0.3 is 0 Å². The Bertz CT molecular complexity index is 605. The van der Waals surface area contributed by atoms with Gasteiger partial charge in [0.2, 0.25) is 5.91 Å². The zero-order valence-corrected chi connectivity index (χ0v) is 17.1. The summed E-state index contributed by atoms with van der Waals surface area (Å²) in [6.45, 7) is 9.51. The Morgan fingerprint density at radius 2 is 1.93 bits per heavy atom. The molecule has 1 aromatic rings. The van der Waals surface area contributed by atoms with E-state index in [-0.39, 0.29) is 12.0 Å². The van der Waals surface area contributed by atoms with Crippen molar-refractivity contribution in [3.8, 4) is 5.75 Å². The van der Waals surface area contributed by atoms with Crippen LogP contribution in [0.15, 0.2) is 29.3 Å². The van der Waals surface area contributed by atoms with E-state index in [4.69, 9.17) is 9.73 Å². The van der Waals surface area contributed by atoms with E-state index in [1.165, 1.54) is 0 Å². The quantitative estimate of drug-likeness (QED) is 0.569. The van der Waals surface area contributed by atoms with Crippen LogP contribution in [0.4, 0.5) is 0 Å². The summed E-state index contributed by atoms with van der Waals surface area (Å²) >= 11 is 0. The molecule has 1 saturated heterocycles. The second-order valence-corrected chi connectivity index (χ2v) is 7.29. The van der Waals surface area contributed by atoms with Gasteiger partial charge in [0.1, 0.15) is 5.75 Å². The van der Waals surface area contributed by atoms with Gasteiger partial charge < -0.3 is 20.3 Å². The maximum absolute atomic E-state index is 11.6. The molecule has 150 valence electrons. The molecule has 0 unspecified atom stereocenters. The first-order chi connectivity index (χ1) is 13.0. The smallest absolute Gasteiger partial charge is 0.220 e. The van der Waals surface area contributed by atoms with Crippen molar-refractivity contribution < 1.29 is 9.53 Å². The van der Waals surface area contributed by atoms with Gasteiger partial charge in [-0.05, 0) is 57.2 Å². The predicted molar refractivity (Wildman–Crippen MR) is 110 cm³/mol. The molecule has 1 aromatic carbocycles. The SMILES string of the molecule is CCNC(=NCc1ccc(OC(C)C)cc1)N1CCC(CC(=O)NC)CC1. The third kappa shape index (κ3) is 7.12. The number of carbonyl (C=O) groups excluding carboxylic acids is 1. The van der Waals surface area contributed by atoms with Gasteiger partial charge in [-0.25, -0.2) is 4.99 Å². The molecule has 1 aliphatic heterocycles. The average molecular weight is 375 g/mol. The number of aliphatic imine (C=N–C) groups is 1. The second kappa shape index (κ2) is 10.8. The largest absolute Gasteiger partial charge is 0.491 e.